The van der Waals surface area contributed by atoms with Crippen LogP contribution in [0.1, 0.15) is 6.92 Å². The van der Waals surface area contributed by atoms with Crippen LogP contribution in [-0.2, 0) is 0 Å². The van der Waals surface area contributed by atoms with Crippen LogP contribution in [0.5, 0.6) is 0 Å². The van der Waals surface area contributed by atoms with Gasteiger partial charge in [0.25, 0.3) is 0 Å². The second-order valence-electron chi connectivity index (χ2n) is 3.49. The Hall–Kier alpha value is 0.270. The standard InChI is InChI=1S/C8H16N2S/c1-7-6-10(2-3-11-7)8-4-9-5-8/h7-9H,2-6H2,1H3. The Bertz CT molecular complexity index is 136. The number of thioether (sulfide) groups is 1. The van der Waals surface area contributed by atoms with E-state index in [2.05, 4.69) is 28.9 Å². The van der Waals surface area contributed by atoms with Crippen molar-refractivity contribution in [1.82, 2.24) is 10.2 Å². The van der Waals surface area contributed by atoms with E-state index < -0.39 is 0 Å². The Balaban J connectivity index is 1.82. The fourth-order valence-electron chi connectivity index (χ4n) is 1.71. The van der Waals surface area contributed by atoms with Gasteiger partial charge in [-0.2, -0.15) is 11.8 Å². The largest absolute Gasteiger partial charge is 0.314 e. The van der Waals surface area contributed by atoms with Gasteiger partial charge < -0.3 is 5.32 Å². The summed E-state index contributed by atoms with van der Waals surface area (Å²) < 4.78 is 0. The molecule has 2 saturated heterocycles. The van der Waals surface area contributed by atoms with Crippen LogP contribution >= 0.6 is 11.8 Å². The van der Waals surface area contributed by atoms with Crippen molar-refractivity contribution in [3.8, 4) is 0 Å². The van der Waals surface area contributed by atoms with Crippen LogP contribution in [-0.4, -0.2) is 48.1 Å². The van der Waals surface area contributed by atoms with E-state index in [1.165, 1.54) is 31.9 Å². The van der Waals surface area contributed by atoms with Crippen LogP contribution in [0.15, 0.2) is 0 Å². The lowest BCUT2D eigenvalue weighted by Crippen LogP contribution is -2.59. The van der Waals surface area contributed by atoms with Crippen molar-refractivity contribution < 1.29 is 0 Å². The molecule has 0 saturated carbocycles. The summed E-state index contributed by atoms with van der Waals surface area (Å²) in [5.41, 5.74) is 0. The highest BCUT2D eigenvalue weighted by Crippen LogP contribution is 2.20. The van der Waals surface area contributed by atoms with Crippen molar-refractivity contribution in [2.24, 2.45) is 0 Å². The molecular weight excluding hydrogens is 156 g/mol. The minimum atomic E-state index is 0.851. The van der Waals surface area contributed by atoms with Gasteiger partial charge in [0.15, 0.2) is 0 Å². The molecule has 0 aromatic heterocycles. The van der Waals surface area contributed by atoms with Crippen molar-refractivity contribution in [2.45, 2.75) is 18.2 Å². The molecule has 1 atom stereocenters. The van der Waals surface area contributed by atoms with E-state index in [0.29, 0.717) is 0 Å². The van der Waals surface area contributed by atoms with Gasteiger partial charge in [-0.15, -0.1) is 0 Å². The van der Waals surface area contributed by atoms with Gasteiger partial charge in [-0.05, 0) is 0 Å². The predicted molar refractivity (Wildman–Crippen MR) is 50.2 cm³/mol. The summed E-state index contributed by atoms with van der Waals surface area (Å²) in [6.07, 6.45) is 0. The van der Waals surface area contributed by atoms with Gasteiger partial charge in [-0.25, -0.2) is 0 Å². The summed E-state index contributed by atoms with van der Waals surface area (Å²) in [5, 5.41) is 4.18. The molecule has 0 aromatic carbocycles. The zero-order valence-corrected chi connectivity index (χ0v) is 7.86. The molecule has 0 bridgehead atoms. The van der Waals surface area contributed by atoms with Crippen LogP contribution < -0.4 is 5.32 Å². The Morgan fingerprint density at radius 1 is 1.45 bits per heavy atom. The van der Waals surface area contributed by atoms with Crippen molar-refractivity contribution in [1.29, 1.82) is 0 Å². The van der Waals surface area contributed by atoms with Crippen molar-refractivity contribution in [2.75, 3.05) is 31.9 Å². The zero-order chi connectivity index (χ0) is 7.68. The van der Waals surface area contributed by atoms with E-state index in [-0.39, 0.29) is 0 Å². The summed E-state index contributed by atoms with van der Waals surface area (Å²) in [6.45, 7) is 7.38. The van der Waals surface area contributed by atoms with Crippen LogP contribution in [0.25, 0.3) is 0 Å². The maximum absolute atomic E-state index is 3.32. The lowest BCUT2D eigenvalue weighted by molar-refractivity contribution is 0.152. The third kappa shape index (κ3) is 1.71. The molecule has 1 N–H and O–H groups in total. The Morgan fingerprint density at radius 3 is 2.82 bits per heavy atom. The molecule has 0 spiro atoms. The second kappa shape index (κ2) is 3.33. The van der Waals surface area contributed by atoms with E-state index >= 15 is 0 Å². The first kappa shape index (κ1) is 7.90. The summed E-state index contributed by atoms with van der Waals surface area (Å²) in [7, 11) is 0. The third-order valence-electron chi connectivity index (χ3n) is 2.55. The van der Waals surface area contributed by atoms with Gasteiger partial charge in [-0.1, -0.05) is 6.92 Å². The Kier molecular flexibility index (Phi) is 2.39. The molecule has 2 aliphatic heterocycles. The fraction of sp³-hybridized carbons (Fsp3) is 1.00. The minimum Gasteiger partial charge on any atom is -0.314 e. The SMILES string of the molecule is CC1CN(C2CNC2)CCS1. The van der Waals surface area contributed by atoms with E-state index in [9.17, 15) is 0 Å². The molecule has 0 aromatic rings. The minimum absolute atomic E-state index is 0.851. The molecule has 0 radical (unpaired) electrons. The smallest absolute Gasteiger partial charge is 0.0346 e. The monoisotopic (exact) mass is 172 g/mol. The number of nitrogens with one attached hydrogen (secondary N) is 1. The summed E-state index contributed by atoms with van der Waals surface area (Å²) in [5.74, 6) is 1.33. The average molecular weight is 172 g/mol. The fourth-order valence-corrected chi connectivity index (χ4v) is 2.75. The lowest BCUT2D eigenvalue weighted by atomic mass is 10.1. The van der Waals surface area contributed by atoms with Crippen molar-refractivity contribution in [3.63, 3.8) is 0 Å². The maximum atomic E-state index is 3.32. The molecule has 1 unspecified atom stereocenters. The molecule has 2 aliphatic rings. The molecule has 2 nitrogen and oxygen atoms in total. The number of rotatable bonds is 1. The number of hydrogen-bond acceptors (Lipinski definition) is 3. The molecule has 2 fully saturated rings. The molecule has 2 heterocycles. The summed E-state index contributed by atoms with van der Waals surface area (Å²) in [6, 6.07) is 0.860. The third-order valence-corrected chi connectivity index (χ3v) is 3.69. The van der Waals surface area contributed by atoms with Crippen LogP contribution in [0.2, 0.25) is 0 Å². The van der Waals surface area contributed by atoms with E-state index in [1.807, 2.05) is 0 Å². The first-order valence-corrected chi connectivity index (χ1v) is 5.47. The Morgan fingerprint density at radius 2 is 2.27 bits per heavy atom. The molecular formula is C8H16N2S. The van der Waals surface area contributed by atoms with Gasteiger partial charge in [0.1, 0.15) is 0 Å². The van der Waals surface area contributed by atoms with Gasteiger partial charge in [0.2, 0.25) is 0 Å². The second-order valence-corrected chi connectivity index (χ2v) is 5.03. The number of hydrogen-bond donors (Lipinski definition) is 1. The van der Waals surface area contributed by atoms with Crippen molar-refractivity contribution >= 4 is 11.8 Å². The topological polar surface area (TPSA) is 15.3 Å². The van der Waals surface area contributed by atoms with Gasteiger partial charge in [0.05, 0.1) is 0 Å². The van der Waals surface area contributed by atoms with Gasteiger partial charge >= 0.3 is 0 Å². The van der Waals surface area contributed by atoms with E-state index in [1.54, 1.807) is 0 Å². The van der Waals surface area contributed by atoms with E-state index in [4.69, 9.17) is 0 Å². The predicted octanol–water partition coefficient (Wildman–Crippen LogP) is 0.396. The van der Waals surface area contributed by atoms with Gasteiger partial charge in [-0.3, -0.25) is 4.90 Å². The van der Waals surface area contributed by atoms with Crippen LogP contribution in [0, 0.1) is 0 Å². The zero-order valence-electron chi connectivity index (χ0n) is 7.05. The molecule has 11 heavy (non-hydrogen) atoms. The summed E-state index contributed by atoms with van der Waals surface area (Å²) in [4.78, 5) is 2.64. The van der Waals surface area contributed by atoms with Crippen LogP contribution in [0.4, 0.5) is 0 Å². The normalized spacial score (nSPS) is 35.2. The molecule has 0 aliphatic carbocycles. The maximum Gasteiger partial charge on any atom is 0.0346 e. The van der Waals surface area contributed by atoms with Crippen LogP contribution in [0.3, 0.4) is 0 Å². The highest BCUT2D eigenvalue weighted by atomic mass is 32.2. The number of nitrogens with zero attached hydrogens (tertiary/aromatic N) is 1. The highest BCUT2D eigenvalue weighted by molar-refractivity contribution is 7.99. The highest BCUT2D eigenvalue weighted by Gasteiger charge is 2.27. The molecule has 3 heteroatoms. The molecule has 0 amide bonds. The quantitative estimate of drug-likeness (QED) is 0.616. The van der Waals surface area contributed by atoms with E-state index in [0.717, 1.165) is 11.3 Å². The first-order chi connectivity index (χ1) is 5.36. The van der Waals surface area contributed by atoms with Crippen molar-refractivity contribution in [3.05, 3.63) is 0 Å². The molecule has 64 valence electrons. The molecule has 2 rings (SSSR count). The Labute approximate surface area is 72.7 Å². The summed E-state index contributed by atoms with van der Waals surface area (Å²) >= 11 is 2.11. The first-order valence-electron chi connectivity index (χ1n) is 4.42. The lowest BCUT2D eigenvalue weighted by Gasteiger charge is -2.41. The average Bonchev–Trinajstić information content (AvgIpc) is 1.83. The van der Waals surface area contributed by atoms with Gasteiger partial charge in [0, 0.05) is 43.2 Å².